The Bertz CT molecular complexity index is 627. The Morgan fingerprint density at radius 3 is 2.62 bits per heavy atom. The van der Waals surface area contributed by atoms with E-state index < -0.39 is 10.0 Å². The van der Waals surface area contributed by atoms with E-state index in [2.05, 4.69) is 0 Å². The molecule has 0 radical (unpaired) electrons. The zero-order valence-electron chi connectivity index (χ0n) is 12.1. The summed E-state index contributed by atoms with van der Waals surface area (Å²) in [6.45, 7) is 1.82. The largest absolute Gasteiger partial charge is 0.337 e. The molecule has 1 atom stereocenters. The zero-order valence-corrected chi connectivity index (χ0v) is 13.8. The number of carbonyl (C=O) groups is 1. The van der Waals surface area contributed by atoms with Crippen LogP contribution in [0.1, 0.15) is 36.0 Å². The van der Waals surface area contributed by atoms with Crippen LogP contribution in [0, 0.1) is 0 Å². The van der Waals surface area contributed by atoms with Crippen LogP contribution in [0.3, 0.4) is 0 Å². The lowest BCUT2D eigenvalue weighted by atomic mass is 9.87. The number of hydrogen-bond donors (Lipinski definition) is 0. The number of nitrogens with zero attached hydrogens (tertiary/aromatic N) is 2. The third kappa shape index (κ3) is 2.74. The second kappa shape index (κ2) is 5.37. The van der Waals surface area contributed by atoms with E-state index in [0.29, 0.717) is 25.2 Å². The molecule has 0 bridgehead atoms. The number of carbonyl (C=O) groups excluding carboxylic acids is 1. The first-order valence-corrected chi connectivity index (χ1v) is 10.0. The normalized spacial score (nSPS) is 27.4. The maximum Gasteiger partial charge on any atom is 0.254 e. The van der Waals surface area contributed by atoms with E-state index in [0.717, 1.165) is 25.7 Å². The molecule has 2 aliphatic rings. The van der Waals surface area contributed by atoms with Crippen LogP contribution in [0.5, 0.6) is 0 Å². The van der Waals surface area contributed by atoms with Crippen LogP contribution in [-0.2, 0) is 10.0 Å². The Labute approximate surface area is 129 Å². The summed E-state index contributed by atoms with van der Waals surface area (Å²) in [6, 6.07) is 1.83. The van der Waals surface area contributed by atoms with E-state index in [9.17, 15) is 13.2 Å². The summed E-state index contributed by atoms with van der Waals surface area (Å²) in [5.74, 6) is 0.0238. The van der Waals surface area contributed by atoms with Gasteiger partial charge in [0.05, 0.1) is 17.4 Å². The van der Waals surface area contributed by atoms with Crippen molar-refractivity contribution in [3.8, 4) is 0 Å². The molecule has 21 heavy (non-hydrogen) atoms. The van der Waals surface area contributed by atoms with Crippen molar-refractivity contribution >= 4 is 27.3 Å². The monoisotopic (exact) mass is 328 g/mol. The standard InChI is InChI=1S/C14H20N2O3S2/c1-21(18,19)16-8-3-6-14(16)5-2-7-15(11-14)13(17)12-4-9-20-10-12/h4,9-10H,2-3,5-8,11H2,1H3. The molecular weight excluding hydrogens is 308 g/mol. The first-order valence-electron chi connectivity index (χ1n) is 7.22. The maximum absolute atomic E-state index is 12.5. The Kier molecular flexibility index (Phi) is 3.83. The first-order chi connectivity index (χ1) is 9.92. The van der Waals surface area contributed by atoms with Crippen molar-refractivity contribution in [2.75, 3.05) is 25.9 Å². The Hall–Kier alpha value is -0.920. The lowest BCUT2D eigenvalue weighted by Gasteiger charge is -2.44. The maximum atomic E-state index is 12.5. The van der Waals surface area contributed by atoms with E-state index in [1.54, 1.807) is 4.31 Å². The molecule has 3 heterocycles. The van der Waals surface area contributed by atoms with Gasteiger partial charge in [-0.3, -0.25) is 4.79 Å². The van der Waals surface area contributed by atoms with Gasteiger partial charge in [0.1, 0.15) is 0 Å². The fourth-order valence-electron chi connectivity index (χ4n) is 3.69. The molecule has 1 unspecified atom stereocenters. The van der Waals surface area contributed by atoms with E-state index in [4.69, 9.17) is 0 Å². The second-order valence-electron chi connectivity index (χ2n) is 6.01. The molecule has 0 aliphatic carbocycles. The van der Waals surface area contributed by atoms with Gasteiger partial charge in [-0.25, -0.2) is 8.42 Å². The van der Waals surface area contributed by atoms with Crippen molar-refractivity contribution in [3.05, 3.63) is 22.4 Å². The fourth-order valence-corrected chi connectivity index (χ4v) is 5.73. The molecule has 7 heteroatoms. The summed E-state index contributed by atoms with van der Waals surface area (Å²) < 4.78 is 25.7. The predicted molar refractivity (Wildman–Crippen MR) is 83.0 cm³/mol. The highest BCUT2D eigenvalue weighted by Crippen LogP contribution is 2.39. The molecular formula is C14H20N2O3S2. The average molecular weight is 328 g/mol. The fraction of sp³-hybridized carbons (Fsp3) is 0.643. The molecule has 2 fully saturated rings. The van der Waals surface area contributed by atoms with E-state index in [-0.39, 0.29) is 11.4 Å². The van der Waals surface area contributed by atoms with Crippen LogP contribution in [0.2, 0.25) is 0 Å². The third-order valence-corrected chi connectivity index (χ3v) is 6.60. The molecule has 2 saturated heterocycles. The minimum absolute atomic E-state index is 0.0238. The summed E-state index contributed by atoms with van der Waals surface area (Å²) in [5, 5.41) is 3.75. The van der Waals surface area contributed by atoms with Crippen LogP contribution in [0.25, 0.3) is 0 Å². The van der Waals surface area contributed by atoms with Gasteiger partial charge in [-0.2, -0.15) is 15.6 Å². The van der Waals surface area contributed by atoms with E-state index in [1.807, 2.05) is 21.7 Å². The van der Waals surface area contributed by atoms with Gasteiger partial charge in [0.2, 0.25) is 10.0 Å². The smallest absolute Gasteiger partial charge is 0.254 e. The van der Waals surface area contributed by atoms with Crippen molar-refractivity contribution < 1.29 is 13.2 Å². The van der Waals surface area contributed by atoms with Gasteiger partial charge in [0.25, 0.3) is 5.91 Å². The molecule has 116 valence electrons. The topological polar surface area (TPSA) is 57.7 Å². The first kappa shape index (κ1) is 15.0. The van der Waals surface area contributed by atoms with Gasteiger partial charge >= 0.3 is 0 Å². The SMILES string of the molecule is CS(=O)(=O)N1CCCC12CCCN(C(=O)c1ccsc1)C2. The second-order valence-corrected chi connectivity index (χ2v) is 8.69. The Morgan fingerprint density at radius 2 is 2.00 bits per heavy atom. The zero-order chi connectivity index (χ0) is 15.1. The van der Waals surface area contributed by atoms with Gasteiger partial charge < -0.3 is 4.90 Å². The van der Waals surface area contributed by atoms with Crippen molar-refractivity contribution in [2.45, 2.75) is 31.2 Å². The minimum atomic E-state index is -3.22. The van der Waals surface area contributed by atoms with Gasteiger partial charge in [-0.1, -0.05) is 0 Å². The Morgan fingerprint density at radius 1 is 1.29 bits per heavy atom. The minimum Gasteiger partial charge on any atom is -0.337 e. The summed E-state index contributed by atoms with van der Waals surface area (Å²) >= 11 is 1.51. The van der Waals surface area contributed by atoms with Crippen molar-refractivity contribution in [2.24, 2.45) is 0 Å². The molecule has 1 aromatic rings. The van der Waals surface area contributed by atoms with Crippen molar-refractivity contribution in [1.29, 1.82) is 0 Å². The number of hydrogen-bond acceptors (Lipinski definition) is 4. The molecule has 0 saturated carbocycles. The van der Waals surface area contributed by atoms with Crippen LogP contribution in [0.15, 0.2) is 16.8 Å². The highest BCUT2D eigenvalue weighted by molar-refractivity contribution is 7.88. The van der Waals surface area contributed by atoms with Crippen LogP contribution in [0.4, 0.5) is 0 Å². The number of amides is 1. The summed E-state index contributed by atoms with van der Waals surface area (Å²) in [7, 11) is -3.22. The number of thiophene rings is 1. The summed E-state index contributed by atoms with van der Waals surface area (Å²) in [6.07, 6.45) is 4.73. The number of likely N-dealkylation sites (tertiary alicyclic amines) is 1. The lowest BCUT2D eigenvalue weighted by Crippen LogP contribution is -2.58. The molecule has 1 spiro atoms. The number of piperidine rings is 1. The number of sulfonamides is 1. The highest BCUT2D eigenvalue weighted by Gasteiger charge is 2.48. The summed E-state index contributed by atoms with van der Waals surface area (Å²) in [5.41, 5.74) is 0.332. The average Bonchev–Trinajstić information content (AvgIpc) is 3.07. The predicted octanol–water partition coefficient (Wildman–Crippen LogP) is 1.78. The van der Waals surface area contributed by atoms with Crippen LogP contribution < -0.4 is 0 Å². The van der Waals surface area contributed by atoms with Crippen LogP contribution >= 0.6 is 11.3 Å². The molecule has 2 aliphatic heterocycles. The molecule has 0 aromatic carbocycles. The van der Waals surface area contributed by atoms with Gasteiger partial charge in [0.15, 0.2) is 0 Å². The highest BCUT2D eigenvalue weighted by atomic mass is 32.2. The quantitative estimate of drug-likeness (QED) is 0.831. The van der Waals surface area contributed by atoms with Gasteiger partial charge in [-0.15, -0.1) is 0 Å². The number of rotatable bonds is 2. The van der Waals surface area contributed by atoms with Crippen molar-refractivity contribution in [1.82, 2.24) is 9.21 Å². The summed E-state index contributed by atoms with van der Waals surface area (Å²) in [4.78, 5) is 14.4. The molecule has 3 rings (SSSR count). The van der Waals surface area contributed by atoms with Gasteiger partial charge in [-0.05, 0) is 37.1 Å². The van der Waals surface area contributed by atoms with Gasteiger partial charge in [0, 0.05) is 25.0 Å². The molecule has 1 aromatic heterocycles. The van der Waals surface area contributed by atoms with E-state index in [1.165, 1.54) is 17.6 Å². The molecule has 5 nitrogen and oxygen atoms in total. The van der Waals surface area contributed by atoms with E-state index >= 15 is 0 Å². The van der Waals surface area contributed by atoms with Crippen LogP contribution in [-0.4, -0.2) is 55.0 Å². The Balaban J connectivity index is 1.84. The molecule has 0 N–H and O–H groups in total. The lowest BCUT2D eigenvalue weighted by molar-refractivity contribution is 0.0525. The van der Waals surface area contributed by atoms with Crippen molar-refractivity contribution in [3.63, 3.8) is 0 Å². The third-order valence-electron chi connectivity index (χ3n) is 4.54. The molecule has 1 amide bonds.